The van der Waals surface area contributed by atoms with Gasteiger partial charge in [0.1, 0.15) is 11.3 Å². The molecule has 6 heteroatoms. The molecular formula is C15H18N4O2. The zero-order chi connectivity index (χ0) is 14.6. The second-order valence-corrected chi connectivity index (χ2v) is 5.87. The molecular weight excluding hydrogens is 268 g/mol. The molecule has 1 amide bonds. The van der Waals surface area contributed by atoms with Gasteiger partial charge in [-0.15, -0.1) is 0 Å². The van der Waals surface area contributed by atoms with E-state index in [0.717, 1.165) is 19.4 Å². The topological polar surface area (TPSA) is 64.2 Å². The van der Waals surface area contributed by atoms with Gasteiger partial charge in [-0.2, -0.15) is 5.10 Å². The molecule has 21 heavy (non-hydrogen) atoms. The van der Waals surface area contributed by atoms with Gasteiger partial charge in [0.25, 0.3) is 5.91 Å². The first kappa shape index (κ1) is 12.6. The summed E-state index contributed by atoms with van der Waals surface area (Å²) in [4.78, 5) is 14.6. The molecule has 3 heterocycles. The third-order valence-corrected chi connectivity index (χ3v) is 4.55. The van der Waals surface area contributed by atoms with Crippen LogP contribution in [0.25, 0.3) is 0 Å². The van der Waals surface area contributed by atoms with E-state index in [1.807, 2.05) is 11.8 Å². The first-order valence-corrected chi connectivity index (χ1v) is 7.44. The molecule has 0 spiro atoms. The van der Waals surface area contributed by atoms with Crippen LogP contribution in [0.15, 0.2) is 4.52 Å². The maximum absolute atomic E-state index is 12.7. The molecule has 0 unspecified atom stereocenters. The van der Waals surface area contributed by atoms with Crippen molar-refractivity contribution in [2.75, 3.05) is 6.54 Å². The number of aryl methyl sites for hydroxylation is 3. The Kier molecular flexibility index (Phi) is 2.67. The lowest BCUT2D eigenvalue weighted by Gasteiger charge is -2.28. The van der Waals surface area contributed by atoms with Crippen molar-refractivity contribution in [2.45, 2.75) is 46.2 Å². The largest absolute Gasteiger partial charge is 0.361 e. The molecule has 6 nitrogen and oxygen atoms in total. The number of carbonyl (C=O) groups excluding carboxylic acids is 1. The van der Waals surface area contributed by atoms with Crippen LogP contribution in [0.4, 0.5) is 0 Å². The summed E-state index contributed by atoms with van der Waals surface area (Å²) in [5, 5.41) is 8.55. The van der Waals surface area contributed by atoms with E-state index in [4.69, 9.17) is 4.52 Å². The Morgan fingerprint density at radius 2 is 2.10 bits per heavy atom. The van der Waals surface area contributed by atoms with Crippen molar-refractivity contribution < 1.29 is 9.32 Å². The predicted molar refractivity (Wildman–Crippen MR) is 75.0 cm³/mol. The molecule has 0 aromatic carbocycles. The molecule has 1 aliphatic carbocycles. The third kappa shape index (κ3) is 1.81. The minimum atomic E-state index is 0.0189. The van der Waals surface area contributed by atoms with Gasteiger partial charge in [0.2, 0.25) is 0 Å². The van der Waals surface area contributed by atoms with Crippen LogP contribution < -0.4 is 0 Å². The Bertz CT molecular complexity index is 709. The number of rotatable bonds is 1. The van der Waals surface area contributed by atoms with Crippen molar-refractivity contribution in [3.05, 3.63) is 34.0 Å². The van der Waals surface area contributed by atoms with Gasteiger partial charge < -0.3 is 9.42 Å². The molecule has 4 rings (SSSR count). The second kappa shape index (κ2) is 4.44. The summed E-state index contributed by atoms with van der Waals surface area (Å²) in [5.41, 5.74) is 5.10. The predicted octanol–water partition coefficient (Wildman–Crippen LogP) is 1.63. The van der Waals surface area contributed by atoms with Crippen molar-refractivity contribution in [3.63, 3.8) is 0 Å². The monoisotopic (exact) mass is 286 g/mol. The van der Waals surface area contributed by atoms with Gasteiger partial charge in [-0.3, -0.25) is 9.48 Å². The second-order valence-electron chi connectivity index (χ2n) is 5.87. The molecule has 0 N–H and O–H groups in total. The van der Waals surface area contributed by atoms with Crippen LogP contribution in [0, 0.1) is 13.8 Å². The minimum Gasteiger partial charge on any atom is -0.361 e. The smallest absolute Gasteiger partial charge is 0.259 e. The Morgan fingerprint density at radius 1 is 1.24 bits per heavy atom. The molecule has 0 atom stereocenters. The average molecular weight is 286 g/mol. The van der Waals surface area contributed by atoms with Crippen LogP contribution in [0.1, 0.15) is 45.2 Å². The van der Waals surface area contributed by atoms with Gasteiger partial charge in [-0.05, 0) is 38.7 Å². The number of nitrogens with zero attached hydrogens (tertiary/aromatic N) is 4. The van der Waals surface area contributed by atoms with E-state index < -0.39 is 0 Å². The maximum Gasteiger partial charge on any atom is 0.259 e. The lowest BCUT2D eigenvalue weighted by Crippen LogP contribution is -2.39. The van der Waals surface area contributed by atoms with Crippen LogP contribution in [-0.4, -0.2) is 32.3 Å². The standard InChI is InChI=1S/C15H18N4O2/c1-9-14(10(2)21-17-9)15(20)18-6-7-19-13(8-18)11-4-3-5-12(11)16-19/h3-8H2,1-2H3. The van der Waals surface area contributed by atoms with Crippen molar-refractivity contribution in [3.8, 4) is 0 Å². The fraction of sp³-hybridized carbons (Fsp3) is 0.533. The lowest BCUT2D eigenvalue weighted by atomic mass is 10.1. The van der Waals surface area contributed by atoms with Gasteiger partial charge in [0.05, 0.1) is 30.2 Å². The lowest BCUT2D eigenvalue weighted by molar-refractivity contribution is 0.0703. The summed E-state index contributed by atoms with van der Waals surface area (Å²) in [5.74, 6) is 0.618. The summed E-state index contributed by atoms with van der Waals surface area (Å²) in [7, 11) is 0. The van der Waals surface area contributed by atoms with Gasteiger partial charge in [-0.1, -0.05) is 5.16 Å². The minimum absolute atomic E-state index is 0.0189. The molecule has 2 aliphatic rings. The molecule has 0 bridgehead atoms. The zero-order valence-corrected chi connectivity index (χ0v) is 12.3. The van der Waals surface area contributed by atoms with Crippen molar-refractivity contribution in [2.24, 2.45) is 0 Å². The van der Waals surface area contributed by atoms with E-state index in [1.165, 1.54) is 23.4 Å². The number of aromatic nitrogens is 3. The molecule has 2 aromatic rings. The van der Waals surface area contributed by atoms with Gasteiger partial charge in [0.15, 0.2) is 0 Å². The average Bonchev–Trinajstić information content (AvgIpc) is 3.13. The Morgan fingerprint density at radius 3 is 2.86 bits per heavy atom. The highest BCUT2D eigenvalue weighted by molar-refractivity contribution is 5.96. The van der Waals surface area contributed by atoms with Gasteiger partial charge >= 0.3 is 0 Å². The fourth-order valence-corrected chi connectivity index (χ4v) is 3.47. The summed E-state index contributed by atoms with van der Waals surface area (Å²) in [6.07, 6.45) is 3.36. The zero-order valence-electron chi connectivity index (χ0n) is 12.3. The summed E-state index contributed by atoms with van der Waals surface area (Å²) >= 11 is 0. The Hall–Kier alpha value is -2.11. The van der Waals surface area contributed by atoms with Crippen LogP contribution in [0.5, 0.6) is 0 Å². The first-order chi connectivity index (χ1) is 10.1. The van der Waals surface area contributed by atoms with E-state index in [1.54, 1.807) is 6.92 Å². The maximum atomic E-state index is 12.7. The van der Waals surface area contributed by atoms with E-state index in [0.29, 0.717) is 30.1 Å². The molecule has 2 aromatic heterocycles. The van der Waals surface area contributed by atoms with E-state index in [-0.39, 0.29) is 5.91 Å². The van der Waals surface area contributed by atoms with Crippen LogP contribution in [0.2, 0.25) is 0 Å². The van der Waals surface area contributed by atoms with Crippen molar-refractivity contribution >= 4 is 5.91 Å². The third-order valence-electron chi connectivity index (χ3n) is 4.55. The highest BCUT2D eigenvalue weighted by Gasteiger charge is 2.30. The molecule has 0 saturated carbocycles. The SMILES string of the molecule is Cc1noc(C)c1C(=O)N1CCn2nc3c(c2C1)CCC3. The fourth-order valence-electron chi connectivity index (χ4n) is 3.47. The normalized spacial score (nSPS) is 17.0. The van der Waals surface area contributed by atoms with Crippen LogP contribution >= 0.6 is 0 Å². The Labute approximate surface area is 122 Å². The highest BCUT2D eigenvalue weighted by atomic mass is 16.5. The molecule has 0 fully saturated rings. The van der Waals surface area contributed by atoms with Crippen LogP contribution in [-0.2, 0) is 25.9 Å². The van der Waals surface area contributed by atoms with Gasteiger partial charge in [0, 0.05) is 6.54 Å². The summed E-state index contributed by atoms with van der Waals surface area (Å²) in [6, 6.07) is 0. The number of hydrogen-bond acceptors (Lipinski definition) is 4. The molecule has 0 saturated heterocycles. The van der Waals surface area contributed by atoms with Gasteiger partial charge in [-0.25, -0.2) is 0 Å². The summed E-state index contributed by atoms with van der Waals surface area (Å²) < 4.78 is 7.20. The van der Waals surface area contributed by atoms with E-state index in [2.05, 4.69) is 14.9 Å². The number of amides is 1. The molecule has 0 radical (unpaired) electrons. The number of hydrogen-bond donors (Lipinski definition) is 0. The number of fused-ring (bicyclic) bond motifs is 3. The highest BCUT2D eigenvalue weighted by Crippen LogP contribution is 2.28. The summed E-state index contributed by atoms with van der Waals surface area (Å²) in [6.45, 7) is 5.72. The van der Waals surface area contributed by atoms with Crippen molar-refractivity contribution in [1.29, 1.82) is 0 Å². The molecule has 110 valence electrons. The molecule has 1 aliphatic heterocycles. The number of carbonyl (C=O) groups is 1. The Balaban J connectivity index is 1.65. The van der Waals surface area contributed by atoms with Crippen molar-refractivity contribution in [1.82, 2.24) is 19.8 Å². The van der Waals surface area contributed by atoms with E-state index in [9.17, 15) is 4.79 Å². The van der Waals surface area contributed by atoms with Crippen LogP contribution in [0.3, 0.4) is 0 Å². The quantitative estimate of drug-likeness (QED) is 0.799. The first-order valence-electron chi connectivity index (χ1n) is 7.44. The van der Waals surface area contributed by atoms with E-state index >= 15 is 0 Å².